The minimum absolute atomic E-state index is 0.112. The van der Waals surface area contributed by atoms with E-state index in [0.29, 0.717) is 10.8 Å². The van der Waals surface area contributed by atoms with E-state index in [9.17, 15) is 18.0 Å². The summed E-state index contributed by atoms with van der Waals surface area (Å²) < 4.78 is 38.8. The number of hydrogen-bond donors (Lipinski definition) is 1. The average molecular weight is 469 g/mol. The van der Waals surface area contributed by atoms with Gasteiger partial charge in [-0.05, 0) is 37.6 Å². The molecule has 32 heavy (non-hydrogen) atoms. The van der Waals surface area contributed by atoms with Crippen LogP contribution in [0.25, 0.3) is 0 Å². The number of rotatable bonds is 11. The van der Waals surface area contributed by atoms with Crippen LogP contribution in [0.2, 0.25) is 0 Å². The fraction of sp³-hybridized carbons (Fsp3) is 0.565. The Labute approximate surface area is 191 Å². The number of hydrogen-bond acceptors (Lipinski definition) is 5. The second-order valence-electron chi connectivity index (χ2n) is 8.09. The zero-order valence-electron chi connectivity index (χ0n) is 18.2. The van der Waals surface area contributed by atoms with Gasteiger partial charge in [-0.25, -0.2) is 4.98 Å². The number of aromatic nitrogens is 2. The number of benzene rings is 1. The maximum absolute atomic E-state index is 12.9. The number of thioether (sulfide) groups is 1. The van der Waals surface area contributed by atoms with Crippen LogP contribution in [0.3, 0.4) is 0 Å². The van der Waals surface area contributed by atoms with Gasteiger partial charge in [0, 0.05) is 49.9 Å². The molecule has 0 spiro atoms. The molecule has 0 aliphatic carbocycles. The molecule has 1 N–H and O–H groups in total. The third-order valence-corrected chi connectivity index (χ3v) is 6.64. The Morgan fingerprint density at radius 2 is 1.69 bits per heavy atom. The second-order valence-corrected chi connectivity index (χ2v) is 9.17. The van der Waals surface area contributed by atoms with E-state index < -0.39 is 11.7 Å². The monoisotopic (exact) mass is 468 g/mol. The van der Waals surface area contributed by atoms with Crippen LogP contribution in [-0.2, 0) is 6.18 Å². The van der Waals surface area contributed by atoms with Crippen molar-refractivity contribution in [3.63, 3.8) is 0 Å². The highest BCUT2D eigenvalue weighted by molar-refractivity contribution is 7.99. The highest BCUT2D eigenvalue weighted by Gasteiger charge is 2.31. The smallest absolute Gasteiger partial charge is 0.369 e. The van der Waals surface area contributed by atoms with Gasteiger partial charge in [0.2, 0.25) is 0 Å². The maximum Gasteiger partial charge on any atom is 0.416 e. The van der Waals surface area contributed by atoms with Crippen LogP contribution < -0.4 is 10.5 Å². The molecule has 0 radical (unpaired) electrons. The predicted molar refractivity (Wildman–Crippen MR) is 123 cm³/mol. The summed E-state index contributed by atoms with van der Waals surface area (Å²) >= 11 is 1.59. The molecule has 0 amide bonds. The van der Waals surface area contributed by atoms with E-state index in [1.54, 1.807) is 17.8 Å². The topological polar surface area (TPSA) is 52.2 Å². The molecular formula is C23H31F3N4OS. The molecule has 176 valence electrons. The van der Waals surface area contributed by atoms with Gasteiger partial charge in [-0.1, -0.05) is 43.5 Å². The third kappa shape index (κ3) is 8.16. The lowest BCUT2D eigenvalue weighted by Gasteiger charge is -2.36. The average Bonchev–Trinajstić information content (AvgIpc) is 2.78. The van der Waals surface area contributed by atoms with Crippen molar-refractivity contribution in [2.45, 2.75) is 49.9 Å². The zero-order valence-corrected chi connectivity index (χ0v) is 19.1. The molecule has 3 rings (SSSR count). The molecule has 1 fully saturated rings. The number of alkyl halides is 3. The summed E-state index contributed by atoms with van der Waals surface area (Å²) in [5.74, 6) is 0.961. The van der Waals surface area contributed by atoms with Crippen LogP contribution in [0, 0.1) is 0 Å². The van der Waals surface area contributed by atoms with Crippen LogP contribution in [0.15, 0.2) is 46.5 Å². The first-order valence-corrected chi connectivity index (χ1v) is 12.2. The minimum atomic E-state index is -4.30. The second kappa shape index (κ2) is 12.3. The van der Waals surface area contributed by atoms with E-state index in [2.05, 4.69) is 14.9 Å². The molecule has 2 heterocycles. The minimum Gasteiger partial charge on any atom is -0.369 e. The molecule has 0 bridgehead atoms. The number of nitrogens with one attached hydrogen (secondary N) is 1. The Morgan fingerprint density at radius 1 is 0.969 bits per heavy atom. The summed E-state index contributed by atoms with van der Waals surface area (Å²) in [5, 5.41) is 0.686. The molecule has 1 saturated heterocycles. The summed E-state index contributed by atoms with van der Waals surface area (Å²) in [5.41, 5.74) is -0.0331. The number of aromatic amines is 1. The highest BCUT2D eigenvalue weighted by atomic mass is 32.2. The first kappa shape index (κ1) is 24.6. The van der Waals surface area contributed by atoms with E-state index in [1.807, 2.05) is 4.90 Å². The Morgan fingerprint density at radius 3 is 2.41 bits per heavy atom. The molecular weight excluding hydrogens is 437 g/mol. The Hall–Kier alpha value is -2.00. The van der Waals surface area contributed by atoms with Gasteiger partial charge >= 0.3 is 6.18 Å². The van der Waals surface area contributed by atoms with Gasteiger partial charge in [0.05, 0.1) is 5.56 Å². The van der Waals surface area contributed by atoms with Crippen molar-refractivity contribution in [2.75, 3.05) is 43.4 Å². The Balaban J connectivity index is 1.22. The van der Waals surface area contributed by atoms with Crippen molar-refractivity contribution >= 4 is 17.4 Å². The summed E-state index contributed by atoms with van der Waals surface area (Å²) in [6.07, 6.45) is 4.32. The van der Waals surface area contributed by atoms with Gasteiger partial charge in [-0.15, -0.1) is 0 Å². The molecule has 9 heteroatoms. The lowest BCUT2D eigenvalue weighted by molar-refractivity contribution is -0.137. The van der Waals surface area contributed by atoms with Gasteiger partial charge in [-0.3, -0.25) is 9.69 Å². The Bertz CT molecular complexity index is 882. The van der Waals surface area contributed by atoms with Crippen LogP contribution in [0.5, 0.6) is 0 Å². The van der Waals surface area contributed by atoms with E-state index >= 15 is 0 Å². The van der Waals surface area contributed by atoms with Crippen LogP contribution >= 0.6 is 11.8 Å². The molecule has 2 aromatic rings. The van der Waals surface area contributed by atoms with Crippen molar-refractivity contribution in [3.8, 4) is 0 Å². The lowest BCUT2D eigenvalue weighted by Crippen LogP contribution is -2.46. The predicted octanol–water partition coefficient (Wildman–Crippen LogP) is 5.04. The van der Waals surface area contributed by atoms with Crippen molar-refractivity contribution in [2.24, 2.45) is 0 Å². The van der Waals surface area contributed by atoms with E-state index in [4.69, 9.17) is 0 Å². The van der Waals surface area contributed by atoms with Gasteiger partial charge < -0.3 is 9.88 Å². The number of piperazine rings is 1. The summed E-state index contributed by atoms with van der Waals surface area (Å²) in [4.78, 5) is 22.5. The maximum atomic E-state index is 12.9. The summed E-state index contributed by atoms with van der Waals surface area (Å²) in [7, 11) is 0. The standard InChI is InChI=1S/C23H31F3N4OS/c24-23(25,26)19-8-7-9-20(18-19)30-15-13-29(14-16-30)12-5-3-1-2-4-6-17-32-22-27-11-10-21(31)28-22/h7-11,18H,1-6,12-17H2,(H,27,28,31). The fourth-order valence-corrected chi connectivity index (χ4v) is 4.70. The highest BCUT2D eigenvalue weighted by Crippen LogP contribution is 2.31. The van der Waals surface area contributed by atoms with Gasteiger partial charge in [0.1, 0.15) is 0 Å². The quantitative estimate of drug-likeness (QED) is 0.284. The van der Waals surface area contributed by atoms with Crippen molar-refractivity contribution < 1.29 is 13.2 Å². The molecule has 0 saturated carbocycles. The molecule has 1 aromatic carbocycles. The van der Waals surface area contributed by atoms with E-state index in [-0.39, 0.29) is 5.56 Å². The Kier molecular flexibility index (Phi) is 9.47. The third-order valence-electron chi connectivity index (χ3n) is 5.67. The first-order chi connectivity index (χ1) is 15.4. The molecule has 0 unspecified atom stereocenters. The summed E-state index contributed by atoms with van der Waals surface area (Å²) in [6.45, 7) is 4.37. The fourth-order valence-electron chi connectivity index (χ4n) is 3.85. The number of anilines is 1. The van der Waals surface area contributed by atoms with Gasteiger partial charge in [0.15, 0.2) is 5.16 Å². The molecule has 1 aliphatic rings. The molecule has 0 atom stereocenters. The molecule has 1 aromatic heterocycles. The number of H-pyrrole nitrogens is 1. The largest absolute Gasteiger partial charge is 0.416 e. The first-order valence-electron chi connectivity index (χ1n) is 11.2. The number of halogens is 3. The molecule has 5 nitrogen and oxygen atoms in total. The van der Waals surface area contributed by atoms with Crippen LogP contribution in [0.4, 0.5) is 18.9 Å². The van der Waals surface area contributed by atoms with Crippen LogP contribution in [0.1, 0.15) is 44.1 Å². The number of unbranched alkanes of at least 4 members (excludes halogenated alkanes) is 5. The van der Waals surface area contributed by atoms with Gasteiger partial charge in [0.25, 0.3) is 5.56 Å². The SMILES string of the molecule is O=c1ccnc(SCCCCCCCCN2CCN(c3cccc(C(F)(F)F)c3)CC2)[nH]1. The van der Waals surface area contributed by atoms with E-state index in [1.165, 1.54) is 50.1 Å². The molecule has 1 aliphatic heterocycles. The van der Waals surface area contributed by atoms with Crippen LogP contribution in [-0.4, -0.2) is 53.3 Å². The van der Waals surface area contributed by atoms with Crippen molar-refractivity contribution in [1.82, 2.24) is 14.9 Å². The summed E-state index contributed by atoms with van der Waals surface area (Å²) in [6, 6.07) is 7.05. The van der Waals surface area contributed by atoms with Gasteiger partial charge in [-0.2, -0.15) is 13.2 Å². The normalized spacial score (nSPS) is 15.3. The van der Waals surface area contributed by atoms with E-state index in [0.717, 1.165) is 57.4 Å². The number of nitrogens with zero attached hydrogens (tertiary/aromatic N) is 3. The van der Waals surface area contributed by atoms with Crippen molar-refractivity contribution in [3.05, 3.63) is 52.4 Å². The lowest BCUT2D eigenvalue weighted by atomic mass is 10.1. The zero-order chi connectivity index (χ0) is 22.8. The van der Waals surface area contributed by atoms with Crippen molar-refractivity contribution in [1.29, 1.82) is 0 Å².